The van der Waals surface area contributed by atoms with Gasteiger partial charge in [-0.2, -0.15) is 4.31 Å². The number of benzene rings is 2. The van der Waals surface area contributed by atoms with Crippen LogP contribution in [0.3, 0.4) is 0 Å². The van der Waals surface area contributed by atoms with Crippen molar-refractivity contribution in [2.24, 2.45) is 11.8 Å². The van der Waals surface area contributed by atoms with Gasteiger partial charge in [0.05, 0.1) is 20.5 Å². The molecular formula is C30H28Cl4N4O6S. The molecule has 10 nitrogen and oxygen atoms in total. The fourth-order valence-electron chi connectivity index (χ4n) is 6.06. The molecule has 15 heteroatoms. The second-order valence-corrected chi connectivity index (χ2v) is 14.6. The Hall–Kier alpha value is -2.93. The molecule has 1 aromatic heterocycles. The van der Waals surface area contributed by atoms with E-state index in [1.807, 2.05) is 0 Å². The number of sulfonamides is 1. The molecule has 238 valence electrons. The van der Waals surface area contributed by atoms with Crippen molar-refractivity contribution in [1.82, 2.24) is 14.6 Å². The highest BCUT2D eigenvalue weighted by atomic mass is 35.5. The first kappa shape index (κ1) is 33.4. The topological polar surface area (TPSA) is 146 Å². The lowest BCUT2D eigenvalue weighted by molar-refractivity contribution is -0.142. The number of hydrogen-bond donors (Lipinski definition) is 3. The van der Waals surface area contributed by atoms with Crippen molar-refractivity contribution in [2.45, 2.75) is 49.1 Å². The van der Waals surface area contributed by atoms with Gasteiger partial charge in [0.1, 0.15) is 12.1 Å². The normalized spacial score (nSPS) is 20.7. The molecule has 4 atom stereocenters. The van der Waals surface area contributed by atoms with Crippen molar-refractivity contribution in [3.63, 3.8) is 0 Å². The minimum absolute atomic E-state index is 0.0399. The summed E-state index contributed by atoms with van der Waals surface area (Å²) in [5.74, 6) is -2.81. The molecule has 2 aliphatic rings. The van der Waals surface area contributed by atoms with E-state index < -0.39 is 39.9 Å². The van der Waals surface area contributed by atoms with Crippen molar-refractivity contribution in [3.8, 4) is 0 Å². The molecule has 2 fully saturated rings. The van der Waals surface area contributed by atoms with Gasteiger partial charge >= 0.3 is 5.97 Å². The largest absolute Gasteiger partial charge is 0.480 e. The number of anilines is 1. The number of carboxylic acids is 1. The van der Waals surface area contributed by atoms with Gasteiger partial charge < -0.3 is 15.7 Å². The molecule has 0 bridgehead atoms. The van der Waals surface area contributed by atoms with Crippen LogP contribution in [-0.4, -0.2) is 59.2 Å². The van der Waals surface area contributed by atoms with Gasteiger partial charge in [-0.15, -0.1) is 0 Å². The summed E-state index contributed by atoms with van der Waals surface area (Å²) in [6, 6.07) is 7.92. The highest BCUT2D eigenvalue weighted by Gasteiger charge is 2.51. The zero-order valence-electron chi connectivity index (χ0n) is 23.6. The Morgan fingerprint density at radius 3 is 2.20 bits per heavy atom. The maximum absolute atomic E-state index is 13.8. The zero-order chi connectivity index (χ0) is 32.5. The zero-order valence-corrected chi connectivity index (χ0v) is 27.4. The van der Waals surface area contributed by atoms with Gasteiger partial charge in [-0.05, 0) is 60.6 Å². The standard InChI is InChI=1S/C30H28Cl4N4O6S/c31-18-10-19(32)12-21(11-18)45(43,44)38-15-17-3-1-2-4-22(17)27(38)29(40)37-25(30(41)42)9-16-5-7-20(8-6-16)36-28(39)26-23(33)13-35-14-24(26)34/h5-8,10-14,17,22,25,27H,1-4,9,15H2,(H,36,39)(H,37,40)(H,41,42)/t17?,22?,25-,27-/m0/s1. The van der Waals surface area contributed by atoms with Crippen LogP contribution in [-0.2, 0) is 26.0 Å². The fraction of sp³-hybridized carbons (Fsp3) is 0.333. The fourth-order valence-corrected chi connectivity index (χ4v) is 9.01. The van der Waals surface area contributed by atoms with Crippen LogP contribution in [0.4, 0.5) is 5.69 Å². The van der Waals surface area contributed by atoms with Gasteiger partial charge in [-0.3, -0.25) is 14.6 Å². The molecule has 1 aliphatic carbocycles. The quantitative estimate of drug-likeness (QED) is 0.249. The predicted molar refractivity (Wildman–Crippen MR) is 172 cm³/mol. The van der Waals surface area contributed by atoms with Crippen LogP contribution < -0.4 is 10.6 Å². The number of halogens is 4. The average Bonchev–Trinajstić information content (AvgIpc) is 3.38. The number of aromatic nitrogens is 1. The Labute approximate surface area is 280 Å². The third kappa shape index (κ3) is 7.40. The van der Waals surface area contributed by atoms with Gasteiger partial charge in [0.25, 0.3) is 5.91 Å². The lowest BCUT2D eigenvalue weighted by atomic mass is 9.78. The first-order valence-electron chi connectivity index (χ1n) is 14.1. The van der Waals surface area contributed by atoms with Crippen molar-refractivity contribution in [3.05, 3.63) is 86.1 Å². The van der Waals surface area contributed by atoms with E-state index in [4.69, 9.17) is 46.4 Å². The number of pyridine rings is 1. The Bertz CT molecular complexity index is 1700. The van der Waals surface area contributed by atoms with E-state index in [1.54, 1.807) is 24.3 Å². The summed E-state index contributed by atoms with van der Waals surface area (Å²) in [5.41, 5.74) is 1.02. The second-order valence-electron chi connectivity index (χ2n) is 11.1. The average molecular weight is 714 g/mol. The summed E-state index contributed by atoms with van der Waals surface area (Å²) in [4.78, 5) is 42.4. The van der Waals surface area contributed by atoms with Crippen LogP contribution in [0.2, 0.25) is 20.1 Å². The molecular weight excluding hydrogens is 686 g/mol. The molecule has 3 aromatic rings. The third-order valence-corrected chi connectivity index (χ3v) is 11.0. The van der Waals surface area contributed by atoms with Crippen LogP contribution in [0.5, 0.6) is 0 Å². The van der Waals surface area contributed by atoms with Crippen molar-refractivity contribution in [2.75, 3.05) is 11.9 Å². The number of amides is 2. The third-order valence-electron chi connectivity index (χ3n) is 8.16. The Morgan fingerprint density at radius 1 is 0.956 bits per heavy atom. The SMILES string of the molecule is O=C(Nc1ccc(C[C@H](NC(=O)[C@@H]2C3CCCCC3CN2S(=O)(=O)c2cc(Cl)cc(Cl)c2)C(=O)O)cc1)c1c(Cl)cncc1Cl. The maximum atomic E-state index is 13.8. The van der Waals surface area contributed by atoms with Crippen LogP contribution in [0, 0.1) is 11.8 Å². The Balaban J connectivity index is 1.33. The summed E-state index contributed by atoms with van der Waals surface area (Å²) in [5, 5.41) is 15.7. The van der Waals surface area contributed by atoms with E-state index in [2.05, 4.69) is 15.6 Å². The predicted octanol–water partition coefficient (Wildman–Crippen LogP) is 5.94. The Kier molecular flexibility index (Phi) is 10.3. The van der Waals surface area contributed by atoms with E-state index >= 15 is 0 Å². The van der Waals surface area contributed by atoms with E-state index in [0.29, 0.717) is 17.7 Å². The van der Waals surface area contributed by atoms with Gasteiger partial charge in [0.15, 0.2) is 0 Å². The van der Waals surface area contributed by atoms with Crippen molar-refractivity contribution < 1.29 is 27.9 Å². The molecule has 3 N–H and O–H groups in total. The smallest absolute Gasteiger partial charge is 0.326 e. The molecule has 2 unspecified atom stereocenters. The molecule has 1 saturated heterocycles. The molecule has 1 saturated carbocycles. The molecule has 45 heavy (non-hydrogen) atoms. The summed E-state index contributed by atoms with van der Waals surface area (Å²) >= 11 is 24.3. The summed E-state index contributed by atoms with van der Waals surface area (Å²) in [7, 11) is -4.19. The van der Waals surface area contributed by atoms with E-state index in [0.717, 1.165) is 19.3 Å². The number of carbonyl (C=O) groups is 3. The van der Waals surface area contributed by atoms with E-state index in [9.17, 15) is 27.9 Å². The second kappa shape index (κ2) is 13.8. The van der Waals surface area contributed by atoms with E-state index in [1.165, 1.54) is 34.9 Å². The summed E-state index contributed by atoms with van der Waals surface area (Å²) < 4.78 is 28.8. The first-order chi connectivity index (χ1) is 21.3. The molecule has 2 aromatic carbocycles. The maximum Gasteiger partial charge on any atom is 0.326 e. The number of rotatable bonds is 9. The van der Waals surface area contributed by atoms with Crippen LogP contribution in [0.15, 0.2) is 59.8 Å². The highest BCUT2D eigenvalue weighted by Crippen LogP contribution is 2.43. The number of hydrogen-bond acceptors (Lipinski definition) is 6. The van der Waals surface area contributed by atoms with Gasteiger partial charge in [-0.1, -0.05) is 71.4 Å². The van der Waals surface area contributed by atoms with Crippen LogP contribution in [0.25, 0.3) is 0 Å². The number of nitrogens with one attached hydrogen (secondary N) is 2. The number of carbonyl (C=O) groups excluding carboxylic acids is 2. The molecule has 5 rings (SSSR count). The van der Waals surface area contributed by atoms with Crippen LogP contribution >= 0.6 is 46.4 Å². The van der Waals surface area contributed by atoms with Gasteiger partial charge in [0, 0.05) is 41.1 Å². The molecule has 0 spiro atoms. The number of fused-ring (bicyclic) bond motifs is 1. The lowest BCUT2D eigenvalue weighted by Gasteiger charge is -2.30. The lowest BCUT2D eigenvalue weighted by Crippen LogP contribution is -2.53. The van der Waals surface area contributed by atoms with Crippen molar-refractivity contribution in [1.29, 1.82) is 0 Å². The number of nitrogens with zero attached hydrogens (tertiary/aromatic N) is 2. The monoisotopic (exact) mass is 712 g/mol. The summed E-state index contributed by atoms with van der Waals surface area (Å²) in [6.45, 7) is 0.135. The summed E-state index contributed by atoms with van der Waals surface area (Å²) in [6.07, 6.45) is 5.68. The van der Waals surface area contributed by atoms with Gasteiger partial charge in [-0.25, -0.2) is 13.2 Å². The molecule has 2 amide bonds. The minimum atomic E-state index is -4.19. The number of aliphatic carboxylic acids is 1. The molecule has 1 aliphatic heterocycles. The number of carboxylic acid groups (broad SMARTS) is 1. The van der Waals surface area contributed by atoms with Gasteiger partial charge in [0.2, 0.25) is 15.9 Å². The Morgan fingerprint density at radius 2 is 1.58 bits per heavy atom. The van der Waals surface area contributed by atoms with Crippen molar-refractivity contribution >= 4 is 79.9 Å². The van der Waals surface area contributed by atoms with Crippen LogP contribution in [0.1, 0.15) is 41.6 Å². The minimum Gasteiger partial charge on any atom is -0.480 e. The molecule has 2 heterocycles. The first-order valence-corrected chi connectivity index (χ1v) is 17.0. The molecule has 0 radical (unpaired) electrons. The highest BCUT2D eigenvalue weighted by molar-refractivity contribution is 7.89. The van der Waals surface area contributed by atoms with E-state index in [-0.39, 0.29) is 55.4 Å².